The van der Waals surface area contributed by atoms with Crippen molar-refractivity contribution in [3.63, 3.8) is 0 Å². The number of hydrogen-bond donors (Lipinski definition) is 1. The molecule has 0 aromatic carbocycles. The molecule has 0 aromatic heterocycles. The highest BCUT2D eigenvalue weighted by Crippen LogP contribution is 2.27. The van der Waals surface area contributed by atoms with Gasteiger partial charge in [-0.05, 0) is 31.8 Å². The van der Waals surface area contributed by atoms with Crippen LogP contribution in [0.1, 0.15) is 34.1 Å². The molecule has 2 heteroatoms. The first-order chi connectivity index (χ1) is 5.59. The van der Waals surface area contributed by atoms with Gasteiger partial charge in [0.15, 0.2) is 0 Å². The van der Waals surface area contributed by atoms with E-state index in [0.29, 0.717) is 6.04 Å². The maximum absolute atomic E-state index is 3.56. The van der Waals surface area contributed by atoms with Gasteiger partial charge in [-0.15, -0.1) is 11.8 Å². The van der Waals surface area contributed by atoms with Crippen molar-refractivity contribution in [1.82, 2.24) is 5.32 Å². The zero-order valence-electron chi connectivity index (χ0n) is 8.48. The molecule has 0 saturated carbocycles. The molecule has 1 N–H and O–H groups in total. The molecule has 0 radical (unpaired) electrons. The fraction of sp³-hybridized carbons (Fsp3) is 0.800. The van der Waals surface area contributed by atoms with E-state index in [1.54, 1.807) is 0 Å². The first kappa shape index (κ1) is 9.97. The maximum Gasteiger partial charge on any atom is 0.0670 e. The molecule has 1 atom stereocenters. The summed E-state index contributed by atoms with van der Waals surface area (Å²) in [5, 5.41) is 4.97. The van der Waals surface area contributed by atoms with Gasteiger partial charge in [0.25, 0.3) is 0 Å². The number of thioether (sulfide) groups is 1. The predicted molar refractivity (Wildman–Crippen MR) is 57.2 cm³/mol. The Hall–Kier alpha value is -0.110. The van der Waals surface area contributed by atoms with Crippen molar-refractivity contribution < 1.29 is 0 Å². The molecule has 1 aliphatic rings. The van der Waals surface area contributed by atoms with Crippen LogP contribution in [-0.4, -0.2) is 11.8 Å². The van der Waals surface area contributed by atoms with E-state index in [4.69, 9.17) is 0 Å². The van der Waals surface area contributed by atoms with Crippen LogP contribution < -0.4 is 5.32 Å². The van der Waals surface area contributed by atoms with E-state index in [2.05, 4.69) is 33.0 Å². The Morgan fingerprint density at radius 3 is 2.67 bits per heavy atom. The zero-order chi connectivity index (χ0) is 9.14. The number of rotatable bonds is 2. The largest absolute Gasteiger partial charge is 0.376 e. The maximum atomic E-state index is 3.56. The summed E-state index contributed by atoms with van der Waals surface area (Å²) in [6.07, 6.45) is 1.30. The molecule has 1 saturated heterocycles. The van der Waals surface area contributed by atoms with Gasteiger partial charge in [-0.3, -0.25) is 0 Å². The lowest BCUT2D eigenvalue weighted by atomic mass is 10.1. The van der Waals surface area contributed by atoms with Crippen LogP contribution in [0.15, 0.2) is 10.6 Å². The van der Waals surface area contributed by atoms with E-state index in [1.807, 2.05) is 11.8 Å². The van der Waals surface area contributed by atoms with E-state index in [9.17, 15) is 0 Å². The third kappa shape index (κ3) is 2.74. The molecule has 0 amide bonds. The molecule has 1 rings (SSSR count). The van der Waals surface area contributed by atoms with Crippen molar-refractivity contribution in [3.05, 3.63) is 10.6 Å². The lowest BCUT2D eigenvalue weighted by Gasteiger charge is -2.12. The first-order valence-corrected chi connectivity index (χ1v) is 5.65. The predicted octanol–water partition coefficient (Wildman–Crippen LogP) is 2.99. The van der Waals surface area contributed by atoms with Crippen molar-refractivity contribution >= 4 is 11.8 Å². The molecule has 12 heavy (non-hydrogen) atoms. The second kappa shape index (κ2) is 4.22. The van der Waals surface area contributed by atoms with Crippen molar-refractivity contribution in [2.75, 3.05) is 5.75 Å². The molecule has 0 aromatic rings. The minimum atomic E-state index is 0.708. The Morgan fingerprint density at radius 2 is 2.25 bits per heavy atom. The Morgan fingerprint density at radius 1 is 1.58 bits per heavy atom. The van der Waals surface area contributed by atoms with Gasteiger partial charge >= 0.3 is 0 Å². The van der Waals surface area contributed by atoms with Gasteiger partial charge in [0.1, 0.15) is 0 Å². The summed E-state index contributed by atoms with van der Waals surface area (Å²) in [6.45, 7) is 8.92. The van der Waals surface area contributed by atoms with Crippen molar-refractivity contribution in [1.29, 1.82) is 0 Å². The van der Waals surface area contributed by atoms with Crippen LogP contribution in [-0.2, 0) is 0 Å². The Labute approximate surface area is 80.0 Å². The van der Waals surface area contributed by atoms with E-state index in [-0.39, 0.29) is 0 Å². The monoisotopic (exact) mass is 185 g/mol. The normalized spacial score (nSPS) is 23.1. The third-order valence-corrected chi connectivity index (χ3v) is 3.36. The molecule has 1 fully saturated rings. The van der Waals surface area contributed by atoms with Crippen LogP contribution >= 0.6 is 11.8 Å². The lowest BCUT2D eigenvalue weighted by molar-refractivity contribution is 0.491. The molecule has 0 aliphatic carbocycles. The smallest absolute Gasteiger partial charge is 0.0670 e. The second-order valence-electron chi connectivity index (χ2n) is 4.11. The second-order valence-corrected chi connectivity index (χ2v) is 5.14. The minimum Gasteiger partial charge on any atom is -0.376 e. The van der Waals surface area contributed by atoms with E-state index in [0.717, 1.165) is 5.92 Å². The number of allylic oxidation sites excluding steroid dienone is 1. The average molecular weight is 185 g/mol. The molecule has 0 spiro atoms. The van der Waals surface area contributed by atoms with Crippen molar-refractivity contribution in [3.8, 4) is 0 Å². The molecule has 70 valence electrons. The standard InChI is InChI=1S/C10H19NS/c1-7(2)5-9-6-12-10(11-9)8(3)4/h7,9,11H,5-6H2,1-4H3. The Balaban J connectivity index is 2.41. The zero-order valence-corrected chi connectivity index (χ0v) is 9.29. The van der Waals surface area contributed by atoms with Crippen LogP contribution in [0.3, 0.4) is 0 Å². The Kier molecular flexibility index (Phi) is 3.51. The molecule has 1 heterocycles. The fourth-order valence-electron chi connectivity index (χ4n) is 1.44. The van der Waals surface area contributed by atoms with Crippen LogP contribution in [0, 0.1) is 5.92 Å². The molecular weight excluding hydrogens is 166 g/mol. The average Bonchev–Trinajstić information content (AvgIpc) is 2.34. The molecule has 1 unspecified atom stereocenters. The quantitative estimate of drug-likeness (QED) is 0.710. The summed E-state index contributed by atoms with van der Waals surface area (Å²) in [6, 6.07) is 0.708. The summed E-state index contributed by atoms with van der Waals surface area (Å²) in [5.74, 6) is 2.05. The van der Waals surface area contributed by atoms with Gasteiger partial charge in [0, 0.05) is 11.8 Å². The lowest BCUT2D eigenvalue weighted by Crippen LogP contribution is -2.24. The number of nitrogens with one attached hydrogen (secondary N) is 1. The summed E-state index contributed by atoms with van der Waals surface area (Å²) in [7, 11) is 0. The highest BCUT2D eigenvalue weighted by molar-refractivity contribution is 8.03. The van der Waals surface area contributed by atoms with Gasteiger partial charge in [0.05, 0.1) is 5.03 Å². The number of hydrogen-bond acceptors (Lipinski definition) is 2. The highest BCUT2D eigenvalue weighted by atomic mass is 32.2. The van der Waals surface area contributed by atoms with Crippen LogP contribution in [0.5, 0.6) is 0 Å². The minimum absolute atomic E-state index is 0.708. The molecule has 0 bridgehead atoms. The van der Waals surface area contributed by atoms with Crippen LogP contribution in [0.2, 0.25) is 0 Å². The Bertz CT molecular complexity index is 180. The molecular formula is C10H19NS. The molecule has 1 aliphatic heterocycles. The molecule has 1 nitrogen and oxygen atoms in total. The topological polar surface area (TPSA) is 12.0 Å². The summed E-state index contributed by atoms with van der Waals surface area (Å²) < 4.78 is 0. The van der Waals surface area contributed by atoms with Gasteiger partial charge < -0.3 is 5.32 Å². The van der Waals surface area contributed by atoms with Crippen molar-refractivity contribution in [2.24, 2.45) is 5.92 Å². The summed E-state index contributed by atoms with van der Waals surface area (Å²) >= 11 is 1.97. The first-order valence-electron chi connectivity index (χ1n) is 4.66. The van der Waals surface area contributed by atoms with Crippen LogP contribution in [0.25, 0.3) is 0 Å². The van der Waals surface area contributed by atoms with Gasteiger partial charge in [-0.25, -0.2) is 0 Å². The van der Waals surface area contributed by atoms with E-state index in [1.165, 1.54) is 22.8 Å². The van der Waals surface area contributed by atoms with Crippen LogP contribution in [0.4, 0.5) is 0 Å². The summed E-state index contributed by atoms with van der Waals surface area (Å²) in [5.41, 5.74) is 1.42. The SMILES string of the molecule is CC(C)=C1NC(CC(C)C)CS1. The third-order valence-electron chi connectivity index (χ3n) is 1.97. The van der Waals surface area contributed by atoms with Gasteiger partial charge in [-0.2, -0.15) is 0 Å². The van der Waals surface area contributed by atoms with E-state index < -0.39 is 0 Å². The summed E-state index contributed by atoms with van der Waals surface area (Å²) in [4.78, 5) is 0. The highest BCUT2D eigenvalue weighted by Gasteiger charge is 2.19. The van der Waals surface area contributed by atoms with Gasteiger partial charge in [-0.1, -0.05) is 13.8 Å². The van der Waals surface area contributed by atoms with E-state index >= 15 is 0 Å². The van der Waals surface area contributed by atoms with Gasteiger partial charge in [0.2, 0.25) is 0 Å². The van der Waals surface area contributed by atoms with Crippen molar-refractivity contribution in [2.45, 2.75) is 40.2 Å². The fourth-order valence-corrected chi connectivity index (χ4v) is 2.56.